The van der Waals surface area contributed by atoms with E-state index in [9.17, 15) is 8.42 Å². The monoisotopic (exact) mass is 310 g/mol. The Kier molecular flexibility index (Phi) is 5.65. The fourth-order valence-corrected chi connectivity index (χ4v) is 4.46. The predicted molar refractivity (Wildman–Crippen MR) is 86.6 cm³/mol. The third-order valence-corrected chi connectivity index (χ3v) is 5.87. The molecule has 2 rings (SSSR count). The zero-order chi connectivity index (χ0) is 15.3. The summed E-state index contributed by atoms with van der Waals surface area (Å²) in [5, 5.41) is 0. The number of hydrogen-bond donors (Lipinski definition) is 2. The Labute approximate surface area is 128 Å². The largest absolute Gasteiger partial charge is 0.399 e. The van der Waals surface area contributed by atoms with Crippen LogP contribution in [-0.4, -0.2) is 15.0 Å². The van der Waals surface area contributed by atoms with Crippen molar-refractivity contribution in [3.8, 4) is 0 Å². The summed E-state index contributed by atoms with van der Waals surface area (Å²) in [5.74, 6) is 0.674. The number of rotatable bonds is 6. The van der Waals surface area contributed by atoms with Crippen LogP contribution in [0.2, 0.25) is 0 Å². The summed E-state index contributed by atoms with van der Waals surface area (Å²) in [4.78, 5) is 0.327. The third-order valence-electron chi connectivity index (χ3n) is 4.33. The molecule has 1 aromatic carbocycles. The first-order chi connectivity index (χ1) is 10.0. The van der Waals surface area contributed by atoms with Crippen LogP contribution in [0, 0.1) is 5.92 Å². The van der Waals surface area contributed by atoms with Gasteiger partial charge in [0.2, 0.25) is 10.0 Å². The summed E-state index contributed by atoms with van der Waals surface area (Å²) in [6.45, 7) is 2.47. The van der Waals surface area contributed by atoms with Gasteiger partial charge in [0.25, 0.3) is 0 Å². The van der Waals surface area contributed by atoms with Crippen molar-refractivity contribution in [2.45, 2.75) is 56.8 Å². The molecule has 1 fully saturated rings. The molecule has 0 unspecified atom stereocenters. The molecule has 0 bridgehead atoms. The maximum absolute atomic E-state index is 12.4. The molecule has 0 atom stereocenters. The van der Waals surface area contributed by atoms with E-state index in [0.717, 1.165) is 12.0 Å². The molecule has 0 saturated heterocycles. The quantitative estimate of drug-likeness (QED) is 0.793. The summed E-state index contributed by atoms with van der Waals surface area (Å²) in [6.07, 6.45) is 7.98. The van der Waals surface area contributed by atoms with Crippen LogP contribution in [0.5, 0.6) is 0 Å². The van der Waals surface area contributed by atoms with Gasteiger partial charge in [0.15, 0.2) is 0 Å². The Balaban J connectivity index is 1.99. The number of nitrogens with two attached hydrogens (primary N) is 1. The third kappa shape index (κ3) is 4.45. The van der Waals surface area contributed by atoms with Crippen molar-refractivity contribution in [2.75, 3.05) is 12.3 Å². The molecule has 0 aromatic heterocycles. The van der Waals surface area contributed by atoms with Crippen LogP contribution in [0.15, 0.2) is 23.1 Å². The highest BCUT2D eigenvalue weighted by atomic mass is 32.2. The smallest absolute Gasteiger partial charge is 0.240 e. The molecule has 0 spiro atoms. The van der Waals surface area contributed by atoms with E-state index in [-0.39, 0.29) is 0 Å². The van der Waals surface area contributed by atoms with E-state index in [1.165, 1.54) is 32.1 Å². The van der Waals surface area contributed by atoms with E-state index in [0.29, 0.717) is 29.5 Å². The van der Waals surface area contributed by atoms with Crippen LogP contribution in [0.1, 0.15) is 51.0 Å². The molecular formula is C16H26N2O2S. The van der Waals surface area contributed by atoms with Gasteiger partial charge in [-0.1, -0.05) is 45.1 Å². The highest BCUT2D eigenvalue weighted by molar-refractivity contribution is 7.89. The van der Waals surface area contributed by atoms with Crippen molar-refractivity contribution in [3.05, 3.63) is 23.8 Å². The molecule has 1 aromatic rings. The minimum Gasteiger partial charge on any atom is -0.399 e. The number of sulfonamides is 1. The molecule has 1 aliphatic rings. The molecule has 1 saturated carbocycles. The van der Waals surface area contributed by atoms with Gasteiger partial charge >= 0.3 is 0 Å². The zero-order valence-corrected chi connectivity index (χ0v) is 13.6. The fourth-order valence-electron chi connectivity index (χ4n) is 3.06. The van der Waals surface area contributed by atoms with Crippen LogP contribution in [-0.2, 0) is 16.4 Å². The molecule has 0 radical (unpaired) electrons. The van der Waals surface area contributed by atoms with Gasteiger partial charge in [-0.15, -0.1) is 0 Å². The molecular weight excluding hydrogens is 284 g/mol. The summed E-state index contributed by atoms with van der Waals surface area (Å²) in [5.41, 5.74) is 7.03. The van der Waals surface area contributed by atoms with Gasteiger partial charge in [-0.25, -0.2) is 13.1 Å². The Morgan fingerprint density at radius 3 is 2.62 bits per heavy atom. The molecule has 0 amide bonds. The predicted octanol–water partition coefficient (Wildman–Crippen LogP) is 3.08. The average Bonchev–Trinajstić information content (AvgIpc) is 2.48. The Morgan fingerprint density at radius 1 is 1.24 bits per heavy atom. The van der Waals surface area contributed by atoms with Crippen LogP contribution in [0.25, 0.3) is 0 Å². The number of aryl methyl sites for hydroxylation is 1. The lowest BCUT2D eigenvalue weighted by Gasteiger charge is -2.21. The van der Waals surface area contributed by atoms with Crippen LogP contribution in [0.4, 0.5) is 5.69 Å². The van der Waals surface area contributed by atoms with Gasteiger partial charge in [0.1, 0.15) is 0 Å². The van der Waals surface area contributed by atoms with Crippen LogP contribution < -0.4 is 10.5 Å². The van der Waals surface area contributed by atoms with Crippen LogP contribution in [0.3, 0.4) is 0 Å². The van der Waals surface area contributed by atoms with Gasteiger partial charge in [0.05, 0.1) is 4.90 Å². The SMILES string of the molecule is CCc1ccc(N)cc1S(=O)(=O)NCCC1CCCCC1. The molecule has 118 valence electrons. The minimum absolute atomic E-state index is 0.327. The first-order valence-corrected chi connectivity index (χ1v) is 9.39. The lowest BCUT2D eigenvalue weighted by molar-refractivity contribution is 0.339. The highest BCUT2D eigenvalue weighted by Crippen LogP contribution is 2.26. The lowest BCUT2D eigenvalue weighted by atomic mass is 9.87. The average molecular weight is 310 g/mol. The fraction of sp³-hybridized carbons (Fsp3) is 0.625. The minimum atomic E-state index is -3.46. The van der Waals surface area contributed by atoms with Crippen molar-refractivity contribution < 1.29 is 8.42 Å². The van der Waals surface area contributed by atoms with E-state index in [1.54, 1.807) is 18.2 Å². The van der Waals surface area contributed by atoms with Gasteiger partial charge in [-0.3, -0.25) is 0 Å². The number of benzene rings is 1. The second kappa shape index (κ2) is 7.27. The summed E-state index contributed by atoms with van der Waals surface area (Å²) < 4.78 is 27.6. The second-order valence-electron chi connectivity index (χ2n) is 5.91. The molecule has 3 N–H and O–H groups in total. The first kappa shape index (κ1) is 16.3. The van der Waals surface area contributed by atoms with Gasteiger partial charge in [-0.05, 0) is 36.5 Å². The summed E-state index contributed by atoms with van der Waals surface area (Å²) in [7, 11) is -3.46. The van der Waals surface area contributed by atoms with E-state index >= 15 is 0 Å². The van der Waals surface area contributed by atoms with E-state index in [4.69, 9.17) is 5.73 Å². The van der Waals surface area contributed by atoms with E-state index < -0.39 is 10.0 Å². The number of anilines is 1. The highest BCUT2D eigenvalue weighted by Gasteiger charge is 2.19. The number of nitrogen functional groups attached to an aromatic ring is 1. The van der Waals surface area contributed by atoms with Crippen molar-refractivity contribution in [1.82, 2.24) is 4.72 Å². The Bertz CT molecular complexity index is 564. The summed E-state index contributed by atoms with van der Waals surface area (Å²) >= 11 is 0. The topological polar surface area (TPSA) is 72.2 Å². The first-order valence-electron chi connectivity index (χ1n) is 7.91. The standard InChI is InChI=1S/C16H26N2O2S/c1-2-14-8-9-15(17)12-16(14)21(19,20)18-11-10-13-6-4-3-5-7-13/h8-9,12-13,18H,2-7,10-11,17H2,1H3. The van der Waals surface area contributed by atoms with Gasteiger partial charge in [-0.2, -0.15) is 0 Å². The number of hydrogen-bond acceptors (Lipinski definition) is 3. The Morgan fingerprint density at radius 2 is 1.95 bits per heavy atom. The molecule has 0 heterocycles. The molecule has 0 aliphatic heterocycles. The maximum atomic E-state index is 12.4. The normalized spacial score (nSPS) is 17.0. The van der Waals surface area contributed by atoms with Gasteiger partial charge < -0.3 is 5.73 Å². The van der Waals surface area contributed by atoms with Crippen molar-refractivity contribution in [3.63, 3.8) is 0 Å². The molecule has 5 heteroatoms. The molecule has 4 nitrogen and oxygen atoms in total. The Hall–Kier alpha value is -1.07. The van der Waals surface area contributed by atoms with Crippen molar-refractivity contribution >= 4 is 15.7 Å². The zero-order valence-electron chi connectivity index (χ0n) is 12.8. The molecule has 1 aliphatic carbocycles. The van der Waals surface area contributed by atoms with Crippen molar-refractivity contribution in [2.24, 2.45) is 5.92 Å². The maximum Gasteiger partial charge on any atom is 0.240 e. The second-order valence-corrected chi connectivity index (χ2v) is 7.65. The summed E-state index contributed by atoms with van der Waals surface area (Å²) in [6, 6.07) is 5.10. The van der Waals surface area contributed by atoms with Crippen molar-refractivity contribution in [1.29, 1.82) is 0 Å². The van der Waals surface area contributed by atoms with E-state index in [2.05, 4.69) is 4.72 Å². The molecule has 21 heavy (non-hydrogen) atoms. The van der Waals surface area contributed by atoms with Gasteiger partial charge in [0, 0.05) is 12.2 Å². The lowest BCUT2D eigenvalue weighted by Crippen LogP contribution is -2.27. The van der Waals surface area contributed by atoms with E-state index in [1.807, 2.05) is 6.92 Å². The van der Waals surface area contributed by atoms with Crippen LogP contribution >= 0.6 is 0 Å². The number of nitrogens with one attached hydrogen (secondary N) is 1.